The molecule has 106 valence electrons. The van der Waals surface area contributed by atoms with Crippen LogP contribution in [0.3, 0.4) is 0 Å². The Morgan fingerprint density at radius 3 is 2.57 bits per heavy atom. The molecular formula is C16H14FN3O. The van der Waals surface area contributed by atoms with Crippen molar-refractivity contribution >= 4 is 16.5 Å². The number of hydrogen-bond acceptors (Lipinski definition) is 3. The Morgan fingerprint density at radius 2 is 1.86 bits per heavy atom. The summed E-state index contributed by atoms with van der Waals surface area (Å²) in [4.78, 5) is 12.4. The number of benzene rings is 2. The Hall–Kier alpha value is -2.66. The van der Waals surface area contributed by atoms with Crippen LogP contribution in [0.4, 0.5) is 10.1 Å². The lowest BCUT2D eigenvalue weighted by molar-refractivity contribution is 0.626. The molecule has 0 bridgehead atoms. The second-order valence-corrected chi connectivity index (χ2v) is 4.82. The van der Waals surface area contributed by atoms with Gasteiger partial charge in [-0.3, -0.25) is 10.6 Å². The molecule has 21 heavy (non-hydrogen) atoms. The van der Waals surface area contributed by atoms with Gasteiger partial charge in [0.1, 0.15) is 5.82 Å². The predicted octanol–water partition coefficient (Wildman–Crippen LogP) is 2.47. The van der Waals surface area contributed by atoms with Crippen molar-refractivity contribution in [3.8, 4) is 0 Å². The summed E-state index contributed by atoms with van der Waals surface area (Å²) < 4.78 is 14.5. The number of pyridine rings is 1. The summed E-state index contributed by atoms with van der Waals surface area (Å²) >= 11 is 0. The quantitative estimate of drug-likeness (QED) is 0.573. The minimum Gasteiger partial charge on any atom is -0.324 e. The number of fused-ring (bicyclic) bond motifs is 1. The van der Waals surface area contributed by atoms with Gasteiger partial charge in [0.05, 0.1) is 6.54 Å². The van der Waals surface area contributed by atoms with Crippen LogP contribution in [0, 0.1) is 5.82 Å². The lowest BCUT2D eigenvalue weighted by Gasteiger charge is -2.08. The van der Waals surface area contributed by atoms with Gasteiger partial charge >= 0.3 is 0 Å². The van der Waals surface area contributed by atoms with Crippen LogP contribution in [0.25, 0.3) is 10.8 Å². The van der Waals surface area contributed by atoms with Crippen LogP contribution >= 0.6 is 0 Å². The maximum absolute atomic E-state index is 12.9. The molecule has 0 spiro atoms. The van der Waals surface area contributed by atoms with Gasteiger partial charge in [-0.15, -0.1) is 0 Å². The highest BCUT2D eigenvalue weighted by atomic mass is 19.1. The Kier molecular flexibility index (Phi) is 3.41. The van der Waals surface area contributed by atoms with Crippen molar-refractivity contribution in [1.29, 1.82) is 0 Å². The van der Waals surface area contributed by atoms with E-state index >= 15 is 0 Å². The van der Waals surface area contributed by atoms with Crippen LogP contribution in [0.5, 0.6) is 0 Å². The molecule has 0 unspecified atom stereocenters. The molecule has 0 aliphatic carbocycles. The summed E-state index contributed by atoms with van der Waals surface area (Å²) in [6.07, 6.45) is 1.73. The summed E-state index contributed by atoms with van der Waals surface area (Å²) in [5.41, 5.74) is 4.09. The van der Waals surface area contributed by atoms with Crippen molar-refractivity contribution in [3.05, 3.63) is 76.5 Å². The third kappa shape index (κ3) is 2.64. The summed E-state index contributed by atoms with van der Waals surface area (Å²) in [6.45, 7) is 0.409. The minimum absolute atomic E-state index is 0.0830. The third-order valence-corrected chi connectivity index (χ3v) is 3.41. The van der Waals surface area contributed by atoms with Gasteiger partial charge in [-0.25, -0.2) is 4.39 Å². The van der Waals surface area contributed by atoms with Crippen LogP contribution in [0.2, 0.25) is 0 Å². The summed E-state index contributed by atoms with van der Waals surface area (Å²) in [7, 11) is 0. The molecule has 4 nitrogen and oxygen atoms in total. The summed E-state index contributed by atoms with van der Waals surface area (Å²) in [5.74, 6) is 5.07. The van der Waals surface area contributed by atoms with E-state index in [2.05, 4.69) is 5.43 Å². The van der Waals surface area contributed by atoms with E-state index < -0.39 is 0 Å². The molecule has 0 radical (unpaired) electrons. The zero-order valence-corrected chi connectivity index (χ0v) is 11.2. The van der Waals surface area contributed by atoms with E-state index in [4.69, 9.17) is 5.84 Å². The highest BCUT2D eigenvalue weighted by molar-refractivity contribution is 5.84. The Bertz CT molecular complexity index is 840. The number of halogens is 1. The fourth-order valence-corrected chi connectivity index (χ4v) is 2.29. The van der Waals surface area contributed by atoms with E-state index in [-0.39, 0.29) is 11.4 Å². The van der Waals surface area contributed by atoms with E-state index in [0.717, 1.165) is 16.6 Å². The average molecular weight is 283 g/mol. The number of rotatable bonds is 3. The number of nitrogen functional groups attached to an aromatic ring is 1. The topological polar surface area (TPSA) is 60.0 Å². The molecular weight excluding hydrogens is 269 g/mol. The minimum atomic E-state index is -0.286. The molecule has 3 rings (SSSR count). The molecule has 5 heteroatoms. The van der Waals surface area contributed by atoms with Crippen molar-refractivity contribution in [2.75, 3.05) is 5.43 Å². The molecule has 0 fully saturated rings. The number of hydrazine groups is 1. The SMILES string of the molecule is NNc1ccc2c(=O)n(Cc3ccc(F)cc3)ccc2c1. The number of aromatic nitrogens is 1. The molecule has 1 aromatic heterocycles. The van der Waals surface area contributed by atoms with Crippen molar-refractivity contribution < 1.29 is 4.39 Å². The largest absolute Gasteiger partial charge is 0.324 e. The average Bonchev–Trinajstić information content (AvgIpc) is 2.52. The van der Waals surface area contributed by atoms with Crippen molar-refractivity contribution in [1.82, 2.24) is 4.57 Å². The smallest absolute Gasteiger partial charge is 0.258 e. The third-order valence-electron chi connectivity index (χ3n) is 3.41. The maximum Gasteiger partial charge on any atom is 0.258 e. The second-order valence-electron chi connectivity index (χ2n) is 4.82. The van der Waals surface area contributed by atoms with E-state index in [9.17, 15) is 9.18 Å². The van der Waals surface area contributed by atoms with Gasteiger partial charge in [-0.05, 0) is 47.3 Å². The first-order chi connectivity index (χ1) is 10.2. The second kappa shape index (κ2) is 5.38. The number of nitrogens with two attached hydrogens (primary N) is 1. The van der Waals surface area contributed by atoms with Crippen molar-refractivity contribution in [2.45, 2.75) is 6.54 Å². The highest BCUT2D eigenvalue weighted by Crippen LogP contribution is 2.15. The van der Waals surface area contributed by atoms with Crippen molar-refractivity contribution in [2.24, 2.45) is 5.84 Å². The summed E-state index contributed by atoms with van der Waals surface area (Å²) in [6, 6.07) is 13.3. The van der Waals surface area contributed by atoms with Gasteiger partial charge < -0.3 is 9.99 Å². The highest BCUT2D eigenvalue weighted by Gasteiger charge is 2.04. The molecule has 0 aliphatic rings. The predicted molar refractivity (Wildman–Crippen MR) is 81.5 cm³/mol. The fourth-order valence-electron chi connectivity index (χ4n) is 2.29. The zero-order valence-electron chi connectivity index (χ0n) is 11.2. The van der Waals surface area contributed by atoms with Crippen LogP contribution in [0.15, 0.2) is 59.5 Å². The number of hydrogen-bond donors (Lipinski definition) is 2. The first-order valence-corrected chi connectivity index (χ1v) is 6.51. The molecule has 2 aromatic carbocycles. The van der Waals surface area contributed by atoms with Gasteiger partial charge in [0.15, 0.2) is 0 Å². The molecule has 3 N–H and O–H groups in total. The van der Waals surface area contributed by atoms with Gasteiger partial charge in [-0.1, -0.05) is 12.1 Å². The summed E-state index contributed by atoms with van der Waals surface area (Å²) in [5, 5.41) is 1.45. The number of nitrogens with one attached hydrogen (secondary N) is 1. The van der Waals surface area contributed by atoms with Crippen molar-refractivity contribution in [3.63, 3.8) is 0 Å². The van der Waals surface area contributed by atoms with E-state index in [1.807, 2.05) is 12.1 Å². The molecule has 0 atom stereocenters. The number of anilines is 1. The first kappa shape index (κ1) is 13.3. The van der Waals surface area contributed by atoms with E-state index in [0.29, 0.717) is 11.9 Å². The molecule has 1 heterocycles. The van der Waals surface area contributed by atoms with E-state index in [1.54, 1.807) is 35.0 Å². The zero-order chi connectivity index (χ0) is 14.8. The Labute approximate surface area is 120 Å². The lowest BCUT2D eigenvalue weighted by Crippen LogP contribution is -2.20. The van der Waals surface area contributed by atoms with Gasteiger partial charge in [0.25, 0.3) is 5.56 Å². The molecule has 3 aromatic rings. The van der Waals surface area contributed by atoms with E-state index in [1.165, 1.54) is 12.1 Å². The van der Waals surface area contributed by atoms with Crippen LogP contribution in [-0.2, 0) is 6.54 Å². The maximum atomic E-state index is 12.9. The fraction of sp³-hybridized carbons (Fsp3) is 0.0625. The van der Waals surface area contributed by atoms with Crippen LogP contribution in [0.1, 0.15) is 5.56 Å². The molecule has 0 aliphatic heterocycles. The van der Waals surface area contributed by atoms with Gasteiger partial charge in [0, 0.05) is 17.3 Å². The van der Waals surface area contributed by atoms with Gasteiger partial charge in [0.2, 0.25) is 0 Å². The Balaban J connectivity index is 2.02. The van der Waals surface area contributed by atoms with Crippen LogP contribution < -0.4 is 16.8 Å². The van der Waals surface area contributed by atoms with Gasteiger partial charge in [-0.2, -0.15) is 0 Å². The Morgan fingerprint density at radius 1 is 1.10 bits per heavy atom. The first-order valence-electron chi connectivity index (χ1n) is 6.51. The lowest BCUT2D eigenvalue weighted by atomic mass is 10.1. The number of nitrogens with zero attached hydrogens (tertiary/aromatic N) is 1. The molecule has 0 amide bonds. The van der Waals surface area contributed by atoms with Crippen LogP contribution in [-0.4, -0.2) is 4.57 Å². The molecule has 0 saturated carbocycles. The molecule has 0 saturated heterocycles. The standard InChI is InChI=1S/C16H14FN3O/c17-13-3-1-11(2-4-13)10-20-8-7-12-9-14(19-18)5-6-15(12)16(20)21/h1-9,19H,10,18H2. The monoisotopic (exact) mass is 283 g/mol. The normalized spacial score (nSPS) is 10.8.